The molecule has 0 saturated heterocycles. The number of amides is 1. The second-order valence-corrected chi connectivity index (χ2v) is 4.31. The fourth-order valence-electron chi connectivity index (χ4n) is 1.68. The standard InChI is InChI=1S/C15H22N2O3/c1-5-8-16-15(18)11(2)17-10-12-6-7-13(19-3)9-14(12)20-4/h5-7,9,11,17H,1,8,10H2,2-4H3,(H,16,18). The highest BCUT2D eigenvalue weighted by Gasteiger charge is 2.12. The van der Waals surface area contributed by atoms with Crippen molar-refractivity contribution in [2.75, 3.05) is 20.8 Å². The van der Waals surface area contributed by atoms with Crippen LogP contribution in [0.1, 0.15) is 12.5 Å². The molecule has 1 rings (SSSR count). The summed E-state index contributed by atoms with van der Waals surface area (Å²) >= 11 is 0. The number of carbonyl (C=O) groups is 1. The molecule has 1 aromatic rings. The van der Waals surface area contributed by atoms with Gasteiger partial charge in [-0.3, -0.25) is 4.79 Å². The highest BCUT2D eigenvalue weighted by atomic mass is 16.5. The molecule has 2 N–H and O–H groups in total. The number of hydrogen-bond acceptors (Lipinski definition) is 4. The van der Waals surface area contributed by atoms with Gasteiger partial charge in [-0.05, 0) is 13.0 Å². The minimum atomic E-state index is -0.290. The Morgan fingerprint density at radius 2 is 2.15 bits per heavy atom. The van der Waals surface area contributed by atoms with Crippen LogP contribution in [0.2, 0.25) is 0 Å². The number of rotatable bonds is 8. The molecule has 5 nitrogen and oxygen atoms in total. The van der Waals surface area contributed by atoms with Gasteiger partial charge in [0.2, 0.25) is 5.91 Å². The van der Waals surface area contributed by atoms with Gasteiger partial charge in [0.15, 0.2) is 0 Å². The molecule has 5 heteroatoms. The molecule has 0 aromatic heterocycles. The molecule has 0 spiro atoms. The molecule has 0 saturated carbocycles. The SMILES string of the molecule is C=CCNC(=O)C(C)NCc1ccc(OC)cc1OC. The number of hydrogen-bond donors (Lipinski definition) is 2. The predicted octanol–water partition coefficient (Wildman–Crippen LogP) is 1.48. The maximum Gasteiger partial charge on any atom is 0.237 e. The van der Waals surface area contributed by atoms with Gasteiger partial charge in [-0.25, -0.2) is 0 Å². The largest absolute Gasteiger partial charge is 0.497 e. The first kappa shape index (κ1) is 16.0. The first-order valence-corrected chi connectivity index (χ1v) is 6.45. The van der Waals surface area contributed by atoms with Gasteiger partial charge in [0, 0.05) is 24.7 Å². The van der Waals surface area contributed by atoms with E-state index in [-0.39, 0.29) is 11.9 Å². The summed E-state index contributed by atoms with van der Waals surface area (Å²) in [5.41, 5.74) is 0.969. The summed E-state index contributed by atoms with van der Waals surface area (Å²) in [7, 11) is 3.22. The lowest BCUT2D eigenvalue weighted by Crippen LogP contribution is -2.41. The number of ether oxygens (including phenoxy) is 2. The molecule has 0 aliphatic carbocycles. The van der Waals surface area contributed by atoms with Gasteiger partial charge in [-0.2, -0.15) is 0 Å². The maximum absolute atomic E-state index is 11.7. The Balaban J connectivity index is 2.60. The fourth-order valence-corrected chi connectivity index (χ4v) is 1.68. The fraction of sp³-hybridized carbons (Fsp3) is 0.400. The van der Waals surface area contributed by atoms with E-state index in [4.69, 9.17) is 9.47 Å². The van der Waals surface area contributed by atoms with Gasteiger partial charge in [-0.15, -0.1) is 6.58 Å². The summed E-state index contributed by atoms with van der Waals surface area (Å²) < 4.78 is 10.5. The lowest BCUT2D eigenvalue weighted by molar-refractivity contribution is -0.122. The minimum absolute atomic E-state index is 0.0580. The van der Waals surface area contributed by atoms with Gasteiger partial charge < -0.3 is 20.1 Å². The van der Waals surface area contributed by atoms with Crippen LogP contribution in [0.5, 0.6) is 11.5 Å². The van der Waals surface area contributed by atoms with Crippen molar-refractivity contribution in [1.29, 1.82) is 0 Å². The monoisotopic (exact) mass is 278 g/mol. The van der Waals surface area contributed by atoms with E-state index in [0.717, 1.165) is 17.1 Å². The summed E-state index contributed by atoms with van der Waals surface area (Å²) in [4.78, 5) is 11.7. The van der Waals surface area contributed by atoms with Crippen molar-refractivity contribution >= 4 is 5.91 Å². The normalized spacial score (nSPS) is 11.6. The van der Waals surface area contributed by atoms with Gasteiger partial charge in [0.05, 0.1) is 20.3 Å². The quantitative estimate of drug-likeness (QED) is 0.707. The predicted molar refractivity (Wildman–Crippen MR) is 79.1 cm³/mol. The number of carbonyl (C=O) groups excluding carboxylic acids is 1. The molecule has 1 amide bonds. The van der Waals surface area contributed by atoms with E-state index < -0.39 is 0 Å². The zero-order valence-corrected chi connectivity index (χ0v) is 12.2. The molecule has 1 aromatic carbocycles. The van der Waals surface area contributed by atoms with E-state index in [1.807, 2.05) is 25.1 Å². The minimum Gasteiger partial charge on any atom is -0.497 e. The van der Waals surface area contributed by atoms with E-state index in [0.29, 0.717) is 13.1 Å². The van der Waals surface area contributed by atoms with E-state index in [2.05, 4.69) is 17.2 Å². The van der Waals surface area contributed by atoms with Gasteiger partial charge >= 0.3 is 0 Å². The molecule has 20 heavy (non-hydrogen) atoms. The van der Waals surface area contributed by atoms with E-state index in [1.54, 1.807) is 20.3 Å². The van der Waals surface area contributed by atoms with E-state index >= 15 is 0 Å². The molecule has 1 atom stereocenters. The van der Waals surface area contributed by atoms with Crippen LogP contribution in [0, 0.1) is 0 Å². The molecular weight excluding hydrogens is 256 g/mol. The van der Waals surface area contributed by atoms with Crippen molar-refractivity contribution < 1.29 is 14.3 Å². The number of methoxy groups -OCH3 is 2. The Morgan fingerprint density at radius 1 is 1.40 bits per heavy atom. The molecule has 110 valence electrons. The number of benzene rings is 1. The smallest absolute Gasteiger partial charge is 0.237 e. The van der Waals surface area contributed by atoms with Gasteiger partial charge in [0.1, 0.15) is 11.5 Å². The third kappa shape index (κ3) is 4.59. The van der Waals surface area contributed by atoms with Crippen LogP contribution < -0.4 is 20.1 Å². The average Bonchev–Trinajstić information content (AvgIpc) is 2.49. The summed E-state index contributed by atoms with van der Waals surface area (Å²) in [6.45, 7) is 6.38. The van der Waals surface area contributed by atoms with Crippen molar-refractivity contribution in [2.45, 2.75) is 19.5 Å². The van der Waals surface area contributed by atoms with Gasteiger partial charge in [0.25, 0.3) is 0 Å². The summed E-state index contributed by atoms with van der Waals surface area (Å²) in [5.74, 6) is 1.41. The van der Waals surface area contributed by atoms with Crippen molar-refractivity contribution in [3.8, 4) is 11.5 Å². The zero-order chi connectivity index (χ0) is 15.0. The molecule has 0 radical (unpaired) electrons. The number of nitrogens with one attached hydrogen (secondary N) is 2. The lowest BCUT2D eigenvalue weighted by Gasteiger charge is -2.15. The first-order chi connectivity index (χ1) is 9.62. The Kier molecular flexibility index (Phi) is 6.59. The van der Waals surface area contributed by atoms with Crippen molar-refractivity contribution in [3.05, 3.63) is 36.4 Å². The third-order valence-electron chi connectivity index (χ3n) is 2.91. The second kappa shape index (κ2) is 8.22. The Morgan fingerprint density at radius 3 is 2.75 bits per heavy atom. The highest BCUT2D eigenvalue weighted by Crippen LogP contribution is 2.24. The molecule has 0 heterocycles. The molecule has 0 fully saturated rings. The van der Waals surface area contributed by atoms with Crippen molar-refractivity contribution in [2.24, 2.45) is 0 Å². The zero-order valence-electron chi connectivity index (χ0n) is 12.2. The van der Waals surface area contributed by atoms with E-state index in [9.17, 15) is 4.79 Å². The van der Waals surface area contributed by atoms with Gasteiger partial charge in [-0.1, -0.05) is 12.1 Å². The molecular formula is C15H22N2O3. The van der Waals surface area contributed by atoms with Crippen LogP contribution in [0.15, 0.2) is 30.9 Å². The van der Waals surface area contributed by atoms with Crippen molar-refractivity contribution in [3.63, 3.8) is 0 Å². The Labute approximate surface area is 120 Å². The topological polar surface area (TPSA) is 59.6 Å². The Hall–Kier alpha value is -2.01. The molecule has 0 bridgehead atoms. The first-order valence-electron chi connectivity index (χ1n) is 6.45. The summed E-state index contributed by atoms with van der Waals surface area (Å²) in [5, 5.41) is 5.90. The van der Waals surface area contributed by atoms with Crippen LogP contribution in [-0.4, -0.2) is 32.7 Å². The van der Waals surface area contributed by atoms with Crippen LogP contribution >= 0.6 is 0 Å². The third-order valence-corrected chi connectivity index (χ3v) is 2.91. The molecule has 1 unspecified atom stereocenters. The molecule has 0 aliphatic heterocycles. The molecule has 0 aliphatic rings. The summed E-state index contributed by atoms with van der Waals surface area (Å²) in [6, 6.07) is 5.31. The van der Waals surface area contributed by atoms with Crippen LogP contribution in [0.4, 0.5) is 0 Å². The second-order valence-electron chi connectivity index (χ2n) is 4.31. The van der Waals surface area contributed by atoms with E-state index in [1.165, 1.54) is 0 Å². The van der Waals surface area contributed by atoms with Crippen LogP contribution in [0.3, 0.4) is 0 Å². The van der Waals surface area contributed by atoms with Crippen molar-refractivity contribution in [1.82, 2.24) is 10.6 Å². The van der Waals surface area contributed by atoms with Crippen LogP contribution in [-0.2, 0) is 11.3 Å². The summed E-state index contributed by atoms with van der Waals surface area (Å²) in [6.07, 6.45) is 1.65. The average molecular weight is 278 g/mol. The lowest BCUT2D eigenvalue weighted by atomic mass is 10.1. The Bertz CT molecular complexity index is 460. The maximum atomic E-state index is 11.7. The highest BCUT2D eigenvalue weighted by molar-refractivity contribution is 5.81. The van der Waals surface area contributed by atoms with Crippen LogP contribution in [0.25, 0.3) is 0 Å².